The predicted octanol–water partition coefficient (Wildman–Crippen LogP) is 2.53. The summed E-state index contributed by atoms with van der Waals surface area (Å²) in [6.07, 6.45) is 3.35. The predicted molar refractivity (Wildman–Crippen MR) is 90.1 cm³/mol. The Morgan fingerprint density at radius 1 is 1.27 bits per heavy atom. The molecular weight excluding hydrogens is 284 g/mol. The van der Waals surface area contributed by atoms with Crippen LogP contribution in [0.15, 0.2) is 21.9 Å². The number of aromatic nitrogens is 2. The summed E-state index contributed by atoms with van der Waals surface area (Å²) in [5, 5.41) is 7.00. The van der Waals surface area contributed by atoms with E-state index in [0.29, 0.717) is 0 Å². The lowest BCUT2D eigenvalue weighted by Gasteiger charge is -2.17. The topological polar surface area (TPSA) is 84.3 Å². The molecule has 2 rings (SSSR count). The maximum absolute atomic E-state index is 11.6. The molecule has 2 heterocycles. The molecule has 1 aromatic heterocycles. The monoisotopic (exact) mass is 316 g/mol. The van der Waals surface area contributed by atoms with E-state index in [1.807, 2.05) is 27.7 Å². The first kappa shape index (κ1) is 22.9. The van der Waals surface area contributed by atoms with Gasteiger partial charge in [0.25, 0.3) is 5.56 Å². The third-order valence-electron chi connectivity index (χ3n) is 3.03. The molecule has 1 saturated heterocycles. The first-order valence-corrected chi connectivity index (χ1v) is 8.03. The van der Waals surface area contributed by atoms with Crippen molar-refractivity contribution in [3.8, 4) is 0 Å². The van der Waals surface area contributed by atoms with E-state index < -0.39 is 5.69 Å². The summed E-state index contributed by atoms with van der Waals surface area (Å²) in [5.41, 5.74) is -0.778. The summed E-state index contributed by atoms with van der Waals surface area (Å²) in [5.74, 6) is 0.286. The Hall–Kier alpha value is -1.40. The molecule has 1 aliphatic rings. The van der Waals surface area contributed by atoms with Crippen molar-refractivity contribution in [2.75, 3.05) is 7.11 Å². The van der Waals surface area contributed by atoms with Crippen LogP contribution in [0, 0.1) is 5.92 Å². The first-order chi connectivity index (χ1) is 10.6. The van der Waals surface area contributed by atoms with Crippen LogP contribution in [-0.2, 0) is 4.74 Å². The summed E-state index contributed by atoms with van der Waals surface area (Å²) in [6.45, 7) is 12.1. The maximum Gasteiger partial charge on any atom is 0.330 e. The Labute approximate surface area is 133 Å². The normalized spacial score (nSPS) is 22.3. The number of hydrogen-bond donors (Lipinski definition) is 2. The lowest BCUT2D eigenvalue weighted by molar-refractivity contribution is -0.0142. The van der Waals surface area contributed by atoms with E-state index in [1.165, 1.54) is 16.8 Å². The van der Waals surface area contributed by atoms with Gasteiger partial charge in [0, 0.05) is 25.3 Å². The second kappa shape index (κ2) is 13.3. The molecule has 6 nitrogen and oxygen atoms in total. The quantitative estimate of drug-likeness (QED) is 0.878. The van der Waals surface area contributed by atoms with Gasteiger partial charge in [0.1, 0.15) is 6.23 Å². The van der Waals surface area contributed by atoms with Crippen molar-refractivity contribution in [1.29, 1.82) is 0 Å². The first-order valence-electron chi connectivity index (χ1n) is 8.03. The second-order valence-electron chi connectivity index (χ2n) is 4.29. The van der Waals surface area contributed by atoms with Crippen molar-refractivity contribution in [2.24, 2.45) is 5.92 Å². The van der Waals surface area contributed by atoms with Crippen molar-refractivity contribution < 1.29 is 9.84 Å². The summed E-state index contributed by atoms with van der Waals surface area (Å²) < 4.78 is 7.23. The SMILES string of the molecule is CC.CC.CCC1CC(C)C(n2ccc(=O)[nH]c2=O)O1.CO. The van der Waals surface area contributed by atoms with Gasteiger partial charge in [0.15, 0.2) is 0 Å². The van der Waals surface area contributed by atoms with Crippen LogP contribution in [0.25, 0.3) is 0 Å². The number of aromatic amines is 1. The van der Waals surface area contributed by atoms with Crippen molar-refractivity contribution >= 4 is 0 Å². The van der Waals surface area contributed by atoms with Crippen LogP contribution in [0.4, 0.5) is 0 Å². The Bertz CT molecular complexity index is 482. The summed E-state index contributed by atoms with van der Waals surface area (Å²) in [6, 6.07) is 1.34. The van der Waals surface area contributed by atoms with E-state index in [1.54, 1.807) is 0 Å². The standard InChI is InChI=1S/C11H16N2O3.2C2H6.CH4O/c1-3-8-6-7(2)10(16-8)13-5-4-9(14)12-11(13)15;3*1-2/h4-5,7-8,10H,3,6H2,1-2H3,(H,12,14,15);2*1-2H3;2H,1H3. The number of nitrogens with one attached hydrogen (secondary N) is 1. The maximum atomic E-state index is 11.6. The molecule has 130 valence electrons. The van der Waals surface area contributed by atoms with E-state index in [0.717, 1.165) is 20.0 Å². The molecule has 6 heteroatoms. The van der Waals surface area contributed by atoms with Crippen LogP contribution in [0.3, 0.4) is 0 Å². The Balaban J connectivity index is 0. The molecule has 1 aromatic rings. The van der Waals surface area contributed by atoms with Crippen LogP contribution < -0.4 is 11.2 Å². The van der Waals surface area contributed by atoms with E-state index in [2.05, 4.69) is 18.8 Å². The van der Waals surface area contributed by atoms with Gasteiger partial charge in [-0.15, -0.1) is 0 Å². The molecule has 0 bridgehead atoms. The fourth-order valence-electron chi connectivity index (χ4n) is 2.15. The number of nitrogens with zero attached hydrogens (tertiary/aromatic N) is 1. The zero-order chi connectivity index (χ0) is 17.7. The van der Waals surface area contributed by atoms with Crippen molar-refractivity contribution in [2.45, 2.75) is 66.7 Å². The van der Waals surface area contributed by atoms with Crippen LogP contribution in [0.5, 0.6) is 0 Å². The molecule has 3 unspecified atom stereocenters. The van der Waals surface area contributed by atoms with Gasteiger partial charge in [-0.1, -0.05) is 41.5 Å². The number of ether oxygens (including phenoxy) is 1. The van der Waals surface area contributed by atoms with E-state index in [4.69, 9.17) is 9.84 Å². The number of hydrogen-bond acceptors (Lipinski definition) is 4. The van der Waals surface area contributed by atoms with Crippen LogP contribution in [0.1, 0.15) is 60.6 Å². The highest BCUT2D eigenvalue weighted by Crippen LogP contribution is 2.33. The number of H-pyrrole nitrogens is 1. The minimum Gasteiger partial charge on any atom is -0.400 e. The molecule has 1 fully saturated rings. The molecule has 0 spiro atoms. The van der Waals surface area contributed by atoms with Gasteiger partial charge in [-0.05, 0) is 12.8 Å². The number of aliphatic hydroxyl groups is 1. The number of aliphatic hydroxyl groups excluding tert-OH is 1. The average Bonchev–Trinajstić information content (AvgIpc) is 2.94. The highest BCUT2D eigenvalue weighted by molar-refractivity contribution is 4.87. The Kier molecular flexibility index (Phi) is 13.8. The van der Waals surface area contributed by atoms with Gasteiger partial charge in [-0.3, -0.25) is 14.3 Å². The lowest BCUT2D eigenvalue weighted by Crippen LogP contribution is -2.33. The Morgan fingerprint density at radius 3 is 2.23 bits per heavy atom. The highest BCUT2D eigenvalue weighted by Gasteiger charge is 2.32. The lowest BCUT2D eigenvalue weighted by atomic mass is 10.0. The summed E-state index contributed by atoms with van der Waals surface area (Å²) in [4.78, 5) is 24.8. The zero-order valence-corrected chi connectivity index (χ0v) is 14.9. The van der Waals surface area contributed by atoms with E-state index in [-0.39, 0.29) is 23.8 Å². The van der Waals surface area contributed by atoms with Gasteiger partial charge in [-0.25, -0.2) is 4.79 Å². The van der Waals surface area contributed by atoms with Gasteiger partial charge in [0.2, 0.25) is 0 Å². The fourth-order valence-corrected chi connectivity index (χ4v) is 2.15. The van der Waals surface area contributed by atoms with Gasteiger partial charge >= 0.3 is 5.69 Å². The molecular formula is C16H32N2O4. The molecule has 0 aliphatic carbocycles. The number of rotatable bonds is 2. The van der Waals surface area contributed by atoms with Gasteiger partial charge < -0.3 is 9.84 Å². The summed E-state index contributed by atoms with van der Waals surface area (Å²) in [7, 11) is 1.00. The fraction of sp³-hybridized carbons (Fsp3) is 0.750. The van der Waals surface area contributed by atoms with Gasteiger partial charge in [0.05, 0.1) is 6.10 Å². The van der Waals surface area contributed by atoms with E-state index >= 15 is 0 Å². The average molecular weight is 316 g/mol. The molecule has 3 atom stereocenters. The van der Waals surface area contributed by atoms with Gasteiger partial charge in [-0.2, -0.15) is 0 Å². The molecule has 0 amide bonds. The summed E-state index contributed by atoms with van der Waals surface area (Å²) >= 11 is 0. The molecule has 1 aliphatic heterocycles. The zero-order valence-electron chi connectivity index (χ0n) is 14.9. The molecule has 0 saturated carbocycles. The van der Waals surface area contributed by atoms with Crippen molar-refractivity contribution in [3.05, 3.63) is 33.1 Å². The smallest absolute Gasteiger partial charge is 0.330 e. The Morgan fingerprint density at radius 2 is 1.82 bits per heavy atom. The molecule has 22 heavy (non-hydrogen) atoms. The third kappa shape index (κ3) is 6.58. The third-order valence-corrected chi connectivity index (χ3v) is 3.03. The van der Waals surface area contributed by atoms with E-state index in [9.17, 15) is 9.59 Å². The van der Waals surface area contributed by atoms with Crippen LogP contribution in [-0.4, -0.2) is 27.9 Å². The minimum absolute atomic E-state index is 0.207. The van der Waals surface area contributed by atoms with Crippen molar-refractivity contribution in [3.63, 3.8) is 0 Å². The molecule has 2 N–H and O–H groups in total. The minimum atomic E-state index is -0.402. The molecule has 0 aromatic carbocycles. The highest BCUT2D eigenvalue weighted by atomic mass is 16.5. The molecule has 0 radical (unpaired) electrons. The van der Waals surface area contributed by atoms with Crippen molar-refractivity contribution in [1.82, 2.24) is 9.55 Å². The largest absolute Gasteiger partial charge is 0.400 e. The second-order valence-corrected chi connectivity index (χ2v) is 4.29. The van der Waals surface area contributed by atoms with Crippen LogP contribution in [0.2, 0.25) is 0 Å². The van der Waals surface area contributed by atoms with Crippen LogP contribution >= 0.6 is 0 Å².